The Morgan fingerprint density at radius 1 is 0.714 bits per heavy atom. The molecule has 0 spiro atoms. The van der Waals surface area contributed by atoms with E-state index in [4.69, 9.17) is 0 Å². The van der Waals surface area contributed by atoms with Crippen molar-refractivity contribution in [1.82, 2.24) is 0 Å². The van der Waals surface area contributed by atoms with E-state index in [1.165, 1.54) is 38.5 Å². The maximum Gasteiger partial charge on any atom is -0.0586 e. The number of hydrogen-bond donors (Lipinski definition) is 0. The summed E-state index contributed by atoms with van der Waals surface area (Å²) in [5.74, 6) is 0. The Bertz CT molecular complexity index is 124. The van der Waals surface area contributed by atoms with E-state index in [-0.39, 0.29) is 0 Å². The van der Waals surface area contributed by atoms with Crippen LogP contribution in [0.1, 0.15) is 99.3 Å². The van der Waals surface area contributed by atoms with E-state index in [0.29, 0.717) is 5.41 Å². The first kappa shape index (κ1) is 29.6. The summed E-state index contributed by atoms with van der Waals surface area (Å²) in [4.78, 5) is 0. The number of unbranched alkanes of at least 4 members (excludes halogenated alkanes) is 6. The fraction of sp³-hybridized carbons (Fsp3) is 0.800. The summed E-state index contributed by atoms with van der Waals surface area (Å²) < 4.78 is 2.24. The Hall–Kier alpha value is 0.610. The van der Waals surface area contributed by atoms with Crippen LogP contribution in [0.3, 0.4) is 0 Å². The molecule has 0 N–H and O–H groups in total. The summed E-state index contributed by atoms with van der Waals surface area (Å²) in [6.45, 7) is 24.1. The van der Waals surface area contributed by atoms with Crippen molar-refractivity contribution >= 4 is 4.23 Å². The van der Waals surface area contributed by atoms with Gasteiger partial charge in [0.05, 0.1) is 0 Å². The van der Waals surface area contributed by atoms with Gasteiger partial charge in [0.2, 0.25) is 0 Å². The molecule has 0 aromatic rings. The molecule has 0 aromatic carbocycles. The number of hydrogen-bond acceptors (Lipinski definition) is 0. The van der Waals surface area contributed by atoms with Crippen molar-refractivity contribution in [2.45, 2.75) is 99.3 Å². The zero-order valence-electron chi connectivity index (χ0n) is 16.0. The maximum atomic E-state index is 3.68. The topological polar surface area (TPSA) is 0 Å². The molecule has 0 atom stereocenters. The van der Waals surface area contributed by atoms with E-state index in [9.17, 15) is 0 Å². The van der Waals surface area contributed by atoms with Gasteiger partial charge in [-0.25, -0.2) is 0 Å². The summed E-state index contributed by atoms with van der Waals surface area (Å²) in [5, 5.41) is 0. The summed E-state index contributed by atoms with van der Waals surface area (Å²) in [6.07, 6.45) is 11.0. The summed E-state index contributed by atoms with van der Waals surface area (Å²) in [7, 11) is 0. The molecule has 0 rings (SSSR count). The van der Waals surface area contributed by atoms with Crippen LogP contribution < -0.4 is 0 Å². The average molecular weight is 376 g/mol. The Kier molecular flexibility index (Phi) is 40.5. The van der Waals surface area contributed by atoms with Crippen LogP contribution in [0.15, 0.2) is 0 Å². The molecule has 0 aliphatic carbocycles. The van der Waals surface area contributed by atoms with Gasteiger partial charge >= 0.3 is 51.0 Å². The zero-order valence-corrected chi connectivity index (χ0v) is 18.2. The first-order chi connectivity index (χ1) is 9.80. The Morgan fingerprint density at radius 3 is 0.905 bits per heavy atom. The minimum absolute atomic E-state index is 0.439. The van der Waals surface area contributed by atoms with Crippen molar-refractivity contribution in [2.24, 2.45) is 5.41 Å². The smallest absolute Gasteiger partial charge is 0.0586 e. The van der Waals surface area contributed by atoms with Gasteiger partial charge < -0.3 is 20.8 Å². The van der Waals surface area contributed by atoms with Gasteiger partial charge in [0.25, 0.3) is 0 Å². The van der Waals surface area contributed by atoms with Crippen LogP contribution in [0.4, 0.5) is 0 Å². The third-order valence-corrected chi connectivity index (χ3v) is 4.10. The van der Waals surface area contributed by atoms with Gasteiger partial charge in [0.15, 0.2) is 0 Å². The summed E-state index contributed by atoms with van der Waals surface area (Å²) in [6, 6.07) is 0. The van der Waals surface area contributed by atoms with Gasteiger partial charge in [-0.15, -0.1) is 0 Å². The molecule has 21 heavy (non-hydrogen) atoms. The van der Waals surface area contributed by atoms with Crippen LogP contribution in [-0.2, 0) is 20.6 Å². The fourth-order valence-corrected chi connectivity index (χ4v) is 0.750. The molecule has 0 fully saturated rings. The van der Waals surface area contributed by atoms with Crippen molar-refractivity contribution in [2.75, 3.05) is 0 Å². The zero-order chi connectivity index (χ0) is 17.6. The molecule has 0 nitrogen and oxygen atoms in total. The third kappa shape index (κ3) is 77.3. The van der Waals surface area contributed by atoms with Gasteiger partial charge in [-0.2, -0.15) is 19.3 Å². The first-order valence-electron chi connectivity index (χ1n) is 8.67. The first-order valence-corrected chi connectivity index (χ1v) is 9.94. The van der Waals surface area contributed by atoms with Crippen molar-refractivity contribution in [3.63, 3.8) is 0 Å². The van der Waals surface area contributed by atoms with Crippen LogP contribution in [0.2, 0.25) is 0 Å². The van der Waals surface area contributed by atoms with Gasteiger partial charge in [-0.05, 0) is 0 Å². The molecular weight excluding hydrogens is 333 g/mol. The normalized spacial score (nSPS) is 9.14. The predicted molar refractivity (Wildman–Crippen MR) is 100 cm³/mol. The SMILES string of the molecule is CC(C)(C)[CH]=[Nb].[CH2-]CCCC.[CH2-]CCCC.[CH2-]CCCC. The molecule has 0 aliphatic rings. The second-order valence-corrected chi connectivity index (χ2v) is 6.75. The van der Waals surface area contributed by atoms with Crippen LogP contribution in [0.25, 0.3) is 0 Å². The van der Waals surface area contributed by atoms with Gasteiger partial charge in [0.1, 0.15) is 0 Å². The summed E-state index contributed by atoms with van der Waals surface area (Å²) in [5.41, 5.74) is 0.439. The Balaban J connectivity index is -0.0000000921. The molecule has 0 bridgehead atoms. The number of rotatable bonds is 6. The molecule has 0 saturated heterocycles. The van der Waals surface area contributed by atoms with Crippen molar-refractivity contribution in [3.8, 4) is 0 Å². The van der Waals surface area contributed by atoms with Gasteiger partial charge in [-0.3, -0.25) is 0 Å². The minimum Gasteiger partial charge on any atom is -0.343 e. The van der Waals surface area contributed by atoms with E-state index in [0.717, 1.165) is 19.3 Å². The molecule has 0 amide bonds. The molecule has 1 heteroatoms. The van der Waals surface area contributed by atoms with E-state index in [1.807, 2.05) is 0 Å². The van der Waals surface area contributed by atoms with Crippen molar-refractivity contribution < 1.29 is 20.6 Å². The molecule has 0 aliphatic heterocycles. The predicted octanol–water partition coefficient (Wildman–Crippen LogP) is 7.41. The van der Waals surface area contributed by atoms with Crippen LogP contribution in [0.5, 0.6) is 0 Å². The Morgan fingerprint density at radius 2 is 0.905 bits per heavy atom. The van der Waals surface area contributed by atoms with Crippen molar-refractivity contribution in [1.29, 1.82) is 0 Å². The average Bonchev–Trinajstić information content (AvgIpc) is 2.43. The molecule has 131 valence electrons. The second-order valence-electron chi connectivity index (χ2n) is 6.12. The fourth-order valence-electron chi connectivity index (χ4n) is 0.750. The second kappa shape index (κ2) is 28.7. The van der Waals surface area contributed by atoms with E-state index < -0.39 is 0 Å². The molecule has 0 unspecified atom stereocenters. The van der Waals surface area contributed by atoms with E-state index in [2.05, 4.69) is 66.5 Å². The molecule has 0 saturated carbocycles. The molecule has 0 radical (unpaired) electrons. The largest absolute Gasteiger partial charge is 0.343 e. The third-order valence-electron chi connectivity index (χ3n) is 2.20. The van der Waals surface area contributed by atoms with E-state index >= 15 is 0 Å². The van der Waals surface area contributed by atoms with Crippen molar-refractivity contribution in [3.05, 3.63) is 20.8 Å². The maximum absolute atomic E-state index is 3.68. The van der Waals surface area contributed by atoms with Gasteiger partial charge in [-0.1, -0.05) is 59.3 Å². The standard InChI is InChI=1S/C5H10.3C5H11.Nb/c1-5(2,3)4;3*1-3-5-4-2;/h1H,2-4H3;3*1,3-5H2,2H3;/q;3*-1;. The monoisotopic (exact) mass is 376 g/mol. The quantitative estimate of drug-likeness (QED) is 0.334. The summed E-state index contributed by atoms with van der Waals surface area (Å²) >= 11 is 1.77. The molecule has 0 heterocycles. The molecule has 0 aromatic heterocycles. The Labute approximate surface area is 150 Å². The van der Waals surface area contributed by atoms with Gasteiger partial charge in [0, 0.05) is 0 Å². The molecular formula is C20H43Nb-3. The van der Waals surface area contributed by atoms with Crippen LogP contribution >= 0.6 is 0 Å². The van der Waals surface area contributed by atoms with Crippen LogP contribution in [0, 0.1) is 26.2 Å². The van der Waals surface area contributed by atoms with E-state index in [1.54, 1.807) is 20.6 Å². The minimum atomic E-state index is 0.439. The van der Waals surface area contributed by atoms with Crippen LogP contribution in [-0.4, -0.2) is 4.23 Å².